The van der Waals surface area contributed by atoms with Crippen molar-refractivity contribution in [2.75, 3.05) is 19.0 Å². The summed E-state index contributed by atoms with van der Waals surface area (Å²) in [7, 11) is 2.43. The molecule has 74 valence electrons. The Labute approximate surface area is 84.4 Å². The fourth-order valence-electron chi connectivity index (χ4n) is 1.30. The molecule has 0 saturated heterocycles. The van der Waals surface area contributed by atoms with Gasteiger partial charge in [-0.05, 0) is 17.1 Å². The molecule has 14 heavy (non-hydrogen) atoms. The molecule has 0 fully saturated rings. The summed E-state index contributed by atoms with van der Waals surface area (Å²) < 4.78 is 0. The van der Waals surface area contributed by atoms with Gasteiger partial charge in [0.15, 0.2) is 0 Å². The average Bonchev–Trinajstić information content (AvgIpc) is 2.16. The molecule has 0 spiro atoms. The lowest BCUT2D eigenvalue weighted by molar-refractivity contribution is 0.426. The van der Waals surface area contributed by atoms with E-state index < -0.39 is 7.12 Å². The summed E-state index contributed by atoms with van der Waals surface area (Å²) in [6.45, 7) is 3.68. The Balaban J connectivity index is 3.18. The van der Waals surface area contributed by atoms with Crippen LogP contribution in [0.1, 0.15) is 5.56 Å². The Hall–Kier alpha value is -1.26. The van der Waals surface area contributed by atoms with Gasteiger partial charge in [0.2, 0.25) is 0 Å². The SMILES string of the molecule is C=Cc1cc(B(O)O)ccc1N(C)C. The molecule has 1 aromatic carbocycles. The van der Waals surface area contributed by atoms with Gasteiger partial charge < -0.3 is 14.9 Å². The maximum absolute atomic E-state index is 8.98. The van der Waals surface area contributed by atoms with Gasteiger partial charge in [0, 0.05) is 19.8 Å². The zero-order valence-corrected chi connectivity index (χ0v) is 8.44. The maximum atomic E-state index is 8.98. The van der Waals surface area contributed by atoms with Crippen molar-refractivity contribution in [3.8, 4) is 0 Å². The van der Waals surface area contributed by atoms with Crippen LogP contribution in [0.3, 0.4) is 0 Å². The summed E-state index contributed by atoms with van der Waals surface area (Å²) in [6.07, 6.45) is 1.70. The van der Waals surface area contributed by atoms with E-state index in [0.29, 0.717) is 5.46 Å². The molecule has 0 radical (unpaired) electrons. The Morgan fingerprint density at radius 2 is 2.00 bits per heavy atom. The number of benzene rings is 1. The standard InChI is InChI=1S/C10H14BNO2/c1-4-8-7-9(11(13)14)5-6-10(8)12(2)3/h4-7,13-14H,1H2,2-3H3. The molecule has 4 heteroatoms. The molecule has 0 heterocycles. The van der Waals surface area contributed by atoms with Crippen molar-refractivity contribution in [3.63, 3.8) is 0 Å². The van der Waals surface area contributed by atoms with Crippen LogP contribution in [-0.4, -0.2) is 31.3 Å². The molecule has 1 aromatic rings. The van der Waals surface area contributed by atoms with Crippen molar-refractivity contribution in [2.24, 2.45) is 0 Å². The summed E-state index contributed by atoms with van der Waals surface area (Å²) in [5.41, 5.74) is 2.37. The van der Waals surface area contributed by atoms with Crippen LogP contribution in [0.2, 0.25) is 0 Å². The molecule has 0 unspecified atom stereocenters. The molecule has 0 amide bonds. The minimum atomic E-state index is -1.43. The number of hydrogen-bond donors (Lipinski definition) is 2. The monoisotopic (exact) mass is 191 g/mol. The lowest BCUT2D eigenvalue weighted by Gasteiger charge is -2.16. The average molecular weight is 191 g/mol. The highest BCUT2D eigenvalue weighted by Crippen LogP contribution is 2.17. The van der Waals surface area contributed by atoms with Gasteiger partial charge in [-0.3, -0.25) is 0 Å². The Bertz CT molecular complexity index is 337. The zero-order chi connectivity index (χ0) is 10.7. The Morgan fingerprint density at radius 1 is 1.36 bits per heavy atom. The van der Waals surface area contributed by atoms with Gasteiger partial charge in [-0.1, -0.05) is 24.8 Å². The second-order valence-electron chi connectivity index (χ2n) is 3.29. The van der Waals surface area contributed by atoms with Crippen molar-refractivity contribution in [2.45, 2.75) is 0 Å². The van der Waals surface area contributed by atoms with Crippen LogP contribution >= 0.6 is 0 Å². The van der Waals surface area contributed by atoms with Crippen LogP contribution in [0.25, 0.3) is 6.08 Å². The van der Waals surface area contributed by atoms with E-state index in [0.717, 1.165) is 11.3 Å². The molecule has 0 saturated carbocycles. The summed E-state index contributed by atoms with van der Waals surface area (Å²) >= 11 is 0. The Kier molecular flexibility index (Phi) is 3.33. The minimum Gasteiger partial charge on any atom is -0.423 e. The highest BCUT2D eigenvalue weighted by molar-refractivity contribution is 6.58. The van der Waals surface area contributed by atoms with Crippen LogP contribution < -0.4 is 10.4 Å². The molecule has 0 aliphatic rings. The van der Waals surface area contributed by atoms with Crippen molar-refractivity contribution >= 4 is 24.3 Å². The molecule has 1 rings (SSSR count). The molecular formula is C10H14BNO2. The van der Waals surface area contributed by atoms with Gasteiger partial charge in [-0.15, -0.1) is 0 Å². The predicted octanol–water partition coefficient (Wildman–Crippen LogP) is 0.0754. The largest absolute Gasteiger partial charge is 0.488 e. The summed E-state index contributed by atoms with van der Waals surface area (Å²) in [6, 6.07) is 5.24. The van der Waals surface area contributed by atoms with E-state index in [2.05, 4.69) is 6.58 Å². The zero-order valence-electron chi connectivity index (χ0n) is 8.44. The van der Waals surface area contributed by atoms with Crippen molar-refractivity contribution < 1.29 is 10.0 Å². The predicted molar refractivity (Wildman–Crippen MR) is 60.7 cm³/mol. The third kappa shape index (κ3) is 2.16. The fourth-order valence-corrected chi connectivity index (χ4v) is 1.30. The first-order valence-corrected chi connectivity index (χ1v) is 4.36. The molecule has 2 N–H and O–H groups in total. The van der Waals surface area contributed by atoms with Crippen molar-refractivity contribution in [1.29, 1.82) is 0 Å². The van der Waals surface area contributed by atoms with Gasteiger partial charge in [-0.25, -0.2) is 0 Å². The van der Waals surface area contributed by atoms with E-state index in [1.165, 1.54) is 0 Å². The molecule has 3 nitrogen and oxygen atoms in total. The fraction of sp³-hybridized carbons (Fsp3) is 0.200. The summed E-state index contributed by atoms with van der Waals surface area (Å²) in [5, 5.41) is 18.0. The minimum absolute atomic E-state index is 0.477. The molecule has 0 aliphatic carbocycles. The Morgan fingerprint density at radius 3 is 2.43 bits per heavy atom. The molecule has 0 aromatic heterocycles. The number of hydrogen-bond acceptors (Lipinski definition) is 3. The molecule has 0 atom stereocenters. The first-order chi connectivity index (χ1) is 6.56. The molecular weight excluding hydrogens is 177 g/mol. The van der Waals surface area contributed by atoms with E-state index in [9.17, 15) is 0 Å². The first-order valence-electron chi connectivity index (χ1n) is 4.36. The third-order valence-corrected chi connectivity index (χ3v) is 2.05. The maximum Gasteiger partial charge on any atom is 0.488 e. The lowest BCUT2D eigenvalue weighted by atomic mass is 9.79. The smallest absolute Gasteiger partial charge is 0.423 e. The van der Waals surface area contributed by atoms with Gasteiger partial charge in [0.25, 0.3) is 0 Å². The quantitative estimate of drug-likeness (QED) is 0.664. The normalized spacial score (nSPS) is 9.71. The van der Waals surface area contributed by atoms with Gasteiger partial charge >= 0.3 is 7.12 Å². The number of nitrogens with zero attached hydrogens (tertiary/aromatic N) is 1. The van der Waals surface area contributed by atoms with E-state index in [4.69, 9.17) is 10.0 Å². The second-order valence-corrected chi connectivity index (χ2v) is 3.29. The van der Waals surface area contributed by atoms with Crippen LogP contribution in [0.15, 0.2) is 24.8 Å². The van der Waals surface area contributed by atoms with Crippen LogP contribution in [0.5, 0.6) is 0 Å². The highest BCUT2D eigenvalue weighted by Gasteiger charge is 2.12. The molecule has 0 bridgehead atoms. The van der Waals surface area contributed by atoms with E-state index in [1.807, 2.05) is 25.1 Å². The lowest BCUT2D eigenvalue weighted by Crippen LogP contribution is -2.30. The summed E-state index contributed by atoms with van der Waals surface area (Å²) in [4.78, 5) is 1.95. The molecule has 0 aliphatic heterocycles. The van der Waals surface area contributed by atoms with Crippen LogP contribution in [0.4, 0.5) is 5.69 Å². The van der Waals surface area contributed by atoms with Crippen molar-refractivity contribution in [3.05, 3.63) is 30.3 Å². The topological polar surface area (TPSA) is 43.7 Å². The number of anilines is 1. The van der Waals surface area contributed by atoms with Crippen LogP contribution in [0, 0.1) is 0 Å². The highest BCUT2D eigenvalue weighted by atomic mass is 16.4. The van der Waals surface area contributed by atoms with Gasteiger partial charge in [0.1, 0.15) is 0 Å². The number of rotatable bonds is 3. The first kappa shape index (κ1) is 10.8. The third-order valence-electron chi connectivity index (χ3n) is 2.05. The van der Waals surface area contributed by atoms with Crippen LogP contribution in [-0.2, 0) is 0 Å². The van der Waals surface area contributed by atoms with E-state index >= 15 is 0 Å². The second kappa shape index (κ2) is 4.31. The van der Waals surface area contributed by atoms with Gasteiger partial charge in [0.05, 0.1) is 0 Å². The van der Waals surface area contributed by atoms with E-state index in [1.54, 1.807) is 18.2 Å². The van der Waals surface area contributed by atoms with Crippen molar-refractivity contribution in [1.82, 2.24) is 0 Å². The van der Waals surface area contributed by atoms with Gasteiger partial charge in [-0.2, -0.15) is 0 Å². The summed E-state index contributed by atoms with van der Waals surface area (Å²) in [5.74, 6) is 0. The van der Waals surface area contributed by atoms with E-state index in [-0.39, 0.29) is 0 Å².